The van der Waals surface area contributed by atoms with Crippen molar-refractivity contribution in [2.24, 2.45) is 5.92 Å². The molecule has 2 unspecified atom stereocenters. The van der Waals surface area contributed by atoms with Crippen LogP contribution < -0.4 is 5.32 Å². The Morgan fingerprint density at radius 1 is 1.35 bits per heavy atom. The van der Waals surface area contributed by atoms with Crippen LogP contribution in [0.3, 0.4) is 0 Å². The molecule has 2 amide bonds. The maximum absolute atomic E-state index is 11.8. The standard InChI is InChI=1S/C13H27N3O/c1-5-7-14-12(11(3)6-2)10-16-9-8-15(4)13(16)17/h11-12,14H,5-10H2,1-4H3. The van der Waals surface area contributed by atoms with Crippen molar-refractivity contribution in [3.63, 3.8) is 0 Å². The number of nitrogens with zero attached hydrogens (tertiary/aromatic N) is 2. The van der Waals surface area contributed by atoms with Gasteiger partial charge in [-0.05, 0) is 18.9 Å². The molecule has 1 aliphatic rings. The van der Waals surface area contributed by atoms with Gasteiger partial charge in [0.2, 0.25) is 0 Å². The molecule has 100 valence electrons. The van der Waals surface area contributed by atoms with Gasteiger partial charge in [-0.25, -0.2) is 4.79 Å². The van der Waals surface area contributed by atoms with Crippen LogP contribution in [-0.2, 0) is 0 Å². The summed E-state index contributed by atoms with van der Waals surface area (Å²) in [6.45, 7) is 10.3. The first-order valence-electron chi connectivity index (χ1n) is 6.83. The van der Waals surface area contributed by atoms with Crippen LogP contribution >= 0.6 is 0 Å². The molecular weight excluding hydrogens is 214 g/mol. The molecule has 1 rings (SSSR count). The predicted molar refractivity (Wildman–Crippen MR) is 71.1 cm³/mol. The van der Waals surface area contributed by atoms with Crippen molar-refractivity contribution in [2.45, 2.75) is 39.7 Å². The monoisotopic (exact) mass is 241 g/mol. The van der Waals surface area contributed by atoms with Gasteiger partial charge in [0.25, 0.3) is 0 Å². The Morgan fingerprint density at radius 2 is 2.06 bits per heavy atom. The van der Waals surface area contributed by atoms with Gasteiger partial charge in [-0.3, -0.25) is 0 Å². The van der Waals surface area contributed by atoms with Crippen molar-refractivity contribution < 1.29 is 4.79 Å². The van der Waals surface area contributed by atoms with Crippen molar-refractivity contribution in [1.29, 1.82) is 0 Å². The normalized spacial score (nSPS) is 19.9. The van der Waals surface area contributed by atoms with Crippen molar-refractivity contribution in [2.75, 3.05) is 33.2 Å². The molecule has 0 aromatic rings. The molecule has 2 atom stereocenters. The van der Waals surface area contributed by atoms with E-state index in [1.54, 1.807) is 4.90 Å². The van der Waals surface area contributed by atoms with Gasteiger partial charge in [0, 0.05) is 32.7 Å². The molecule has 1 fully saturated rings. The highest BCUT2D eigenvalue weighted by molar-refractivity contribution is 5.76. The van der Waals surface area contributed by atoms with Crippen LogP contribution in [0.4, 0.5) is 4.79 Å². The molecule has 1 saturated heterocycles. The van der Waals surface area contributed by atoms with Crippen LogP contribution in [0.5, 0.6) is 0 Å². The Labute approximate surface area is 105 Å². The molecule has 0 aliphatic carbocycles. The lowest BCUT2D eigenvalue weighted by Crippen LogP contribution is -2.46. The van der Waals surface area contributed by atoms with E-state index in [1.165, 1.54) is 0 Å². The molecule has 4 nitrogen and oxygen atoms in total. The SMILES string of the molecule is CCCNC(CN1CCN(C)C1=O)C(C)CC. The van der Waals surface area contributed by atoms with E-state index in [-0.39, 0.29) is 6.03 Å². The van der Waals surface area contributed by atoms with E-state index in [0.717, 1.165) is 39.0 Å². The summed E-state index contributed by atoms with van der Waals surface area (Å²) in [5, 5.41) is 3.57. The summed E-state index contributed by atoms with van der Waals surface area (Å²) in [6, 6.07) is 0.604. The summed E-state index contributed by atoms with van der Waals surface area (Å²) in [4.78, 5) is 15.6. The van der Waals surface area contributed by atoms with Crippen molar-refractivity contribution >= 4 is 6.03 Å². The fraction of sp³-hybridized carbons (Fsp3) is 0.923. The van der Waals surface area contributed by atoms with E-state index in [0.29, 0.717) is 12.0 Å². The van der Waals surface area contributed by atoms with Crippen LogP contribution in [0.25, 0.3) is 0 Å². The van der Waals surface area contributed by atoms with E-state index in [1.807, 2.05) is 11.9 Å². The van der Waals surface area contributed by atoms with Crippen molar-refractivity contribution in [1.82, 2.24) is 15.1 Å². The van der Waals surface area contributed by atoms with Crippen LogP contribution in [0, 0.1) is 5.92 Å². The zero-order chi connectivity index (χ0) is 12.8. The number of amides is 2. The second-order valence-corrected chi connectivity index (χ2v) is 5.10. The Hall–Kier alpha value is -0.770. The van der Waals surface area contributed by atoms with Crippen LogP contribution in [0.1, 0.15) is 33.6 Å². The Morgan fingerprint density at radius 3 is 2.53 bits per heavy atom. The summed E-state index contributed by atoms with van der Waals surface area (Å²) in [6.07, 6.45) is 2.29. The lowest BCUT2D eigenvalue weighted by Gasteiger charge is -2.28. The third-order valence-corrected chi connectivity index (χ3v) is 3.71. The molecule has 0 saturated carbocycles. The minimum atomic E-state index is 0.177. The number of urea groups is 1. The number of carbonyl (C=O) groups excluding carboxylic acids is 1. The second-order valence-electron chi connectivity index (χ2n) is 5.10. The minimum absolute atomic E-state index is 0.177. The van der Waals surface area contributed by atoms with Gasteiger partial charge in [0.1, 0.15) is 0 Å². The summed E-state index contributed by atoms with van der Waals surface area (Å²) >= 11 is 0. The quantitative estimate of drug-likeness (QED) is 0.737. The molecule has 0 bridgehead atoms. The third-order valence-electron chi connectivity index (χ3n) is 3.71. The summed E-state index contributed by atoms with van der Waals surface area (Å²) in [7, 11) is 1.88. The van der Waals surface area contributed by atoms with Gasteiger partial charge in [-0.1, -0.05) is 27.2 Å². The molecule has 0 aromatic heterocycles. The maximum atomic E-state index is 11.8. The topological polar surface area (TPSA) is 35.6 Å². The highest BCUT2D eigenvalue weighted by Gasteiger charge is 2.28. The number of hydrogen-bond donors (Lipinski definition) is 1. The maximum Gasteiger partial charge on any atom is 0.319 e. The Kier molecular flexibility index (Phi) is 5.75. The van der Waals surface area contributed by atoms with Gasteiger partial charge in [0.15, 0.2) is 0 Å². The Balaban J connectivity index is 2.50. The minimum Gasteiger partial charge on any atom is -0.326 e. The lowest BCUT2D eigenvalue weighted by molar-refractivity contribution is 0.187. The number of nitrogens with one attached hydrogen (secondary N) is 1. The molecule has 4 heteroatoms. The van der Waals surface area contributed by atoms with Gasteiger partial charge >= 0.3 is 6.03 Å². The van der Waals surface area contributed by atoms with Crippen LogP contribution in [-0.4, -0.2) is 55.1 Å². The summed E-state index contributed by atoms with van der Waals surface area (Å²) < 4.78 is 0. The zero-order valence-corrected chi connectivity index (χ0v) is 11.7. The predicted octanol–water partition coefficient (Wildman–Crippen LogP) is 1.77. The molecule has 17 heavy (non-hydrogen) atoms. The fourth-order valence-electron chi connectivity index (χ4n) is 2.17. The third kappa shape index (κ3) is 3.87. The molecule has 0 spiro atoms. The average molecular weight is 241 g/mol. The lowest BCUT2D eigenvalue weighted by atomic mass is 9.98. The first-order valence-corrected chi connectivity index (χ1v) is 6.83. The van der Waals surface area contributed by atoms with E-state index < -0.39 is 0 Å². The van der Waals surface area contributed by atoms with E-state index in [2.05, 4.69) is 26.1 Å². The van der Waals surface area contributed by atoms with E-state index in [4.69, 9.17) is 0 Å². The number of carbonyl (C=O) groups is 1. The van der Waals surface area contributed by atoms with Gasteiger partial charge in [-0.15, -0.1) is 0 Å². The fourth-order valence-corrected chi connectivity index (χ4v) is 2.17. The molecule has 1 aliphatic heterocycles. The average Bonchev–Trinajstić information content (AvgIpc) is 2.65. The molecule has 1 N–H and O–H groups in total. The first kappa shape index (κ1) is 14.3. The van der Waals surface area contributed by atoms with Crippen LogP contribution in [0.2, 0.25) is 0 Å². The smallest absolute Gasteiger partial charge is 0.319 e. The summed E-state index contributed by atoms with van der Waals surface area (Å²) in [5.74, 6) is 0.611. The van der Waals surface area contributed by atoms with Crippen LogP contribution in [0.15, 0.2) is 0 Å². The molecular formula is C13H27N3O. The second kappa shape index (κ2) is 6.84. The highest BCUT2D eigenvalue weighted by Crippen LogP contribution is 2.13. The number of hydrogen-bond acceptors (Lipinski definition) is 2. The largest absolute Gasteiger partial charge is 0.326 e. The molecule has 0 radical (unpaired) electrons. The number of rotatable bonds is 7. The zero-order valence-electron chi connectivity index (χ0n) is 11.7. The van der Waals surface area contributed by atoms with Crippen molar-refractivity contribution in [3.05, 3.63) is 0 Å². The van der Waals surface area contributed by atoms with E-state index in [9.17, 15) is 4.79 Å². The number of likely N-dealkylation sites (N-methyl/N-ethyl adjacent to an activating group) is 1. The summed E-state index contributed by atoms with van der Waals surface area (Å²) in [5.41, 5.74) is 0. The van der Waals surface area contributed by atoms with E-state index >= 15 is 0 Å². The van der Waals surface area contributed by atoms with Crippen molar-refractivity contribution in [3.8, 4) is 0 Å². The van der Waals surface area contributed by atoms with Gasteiger partial charge < -0.3 is 15.1 Å². The Bertz CT molecular complexity index is 245. The van der Waals surface area contributed by atoms with Gasteiger partial charge in [0.05, 0.1) is 0 Å². The highest BCUT2D eigenvalue weighted by atomic mass is 16.2. The molecule has 0 aromatic carbocycles. The first-order chi connectivity index (χ1) is 8.10. The molecule has 1 heterocycles. The van der Waals surface area contributed by atoms with Gasteiger partial charge in [-0.2, -0.15) is 0 Å².